The Labute approximate surface area is 192 Å². The summed E-state index contributed by atoms with van der Waals surface area (Å²) in [5, 5.41) is 0. The third-order valence-corrected chi connectivity index (χ3v) is 7.33. The summed E-state index contributed by atoms with van der Waals surface area (Å²) >= 11 is 0. The van der Waals surface area contributed by atoms with Gasteiger partial charge in [-0.1, -0.05) is 79.4 Å². The van der Waals surface area contributed by atoms with Gasteiger partial charge in [0.2, 0.25) is 5.91 Å². The van der Waals surface area contributed by atoms with Crippen LogP contribution < -0.4 is 0 Å². The fourth-order valence-corrected chi connectivity index (χ4v) is 5.46. The van der Waals surface area contributed by atoms with E-state index in [1.165, 1.54) is 41.6 Å². The van der Waals surface area contributed by atoms with Crippen molar-refractivity contribution in [3.8, 4) is 0 Å². The van der Waals surface area contributed by atoms with Crippen molar-refractivity contribution in [1.82, 2.24) is 9.47 Å². The highest BCUT2D eigenvalue weighted by molar-refractivity contribution is 5.83. The summed E-state index contributed by atoms with van der Waals surface area (Å²) < 4.78 is 2.32. The minimum Gasteiger partial charge on any atom is -0.345 e. The number of aromatic nitrogens is 1. The molecule has 2 atom stereocenters. The molecule has 2 saturated carbocycles. The lowest BCUT2D eigenvalue weighted by molar-refractivity contribution is -0.136. The van der Waals surface area contributed by atoms with Crippen molar-refractivity contribution in [2.75, 3.05) is 0 Å². The van der Waals surface area contributed by atoms with Crippen LogP contribution in [-0.4, -0.2) is 21.4 Å². The van der Waals surface area contributed by atoms with Gasteiger partial charge in [-0.2, -0.15) is 0 Å². The number of benzene rings is 2. The third kappa shape index (κ3) is 4.67. The summed E-state index contributed by atoms with van der Waals surface area (Å²) in [6.07, 6.45) is 9.23. The van der Waals surface area contributed by atoms with Gasteiger partial charge in [0.1, 0.15) is 0 Å². The molecule has 0 N–H and O–H groups in total. The molecule has 0 spiro atoms. The van der Waals surface area contributed by atoms with Gasteiger partial charge in [-0.25, -0.2) is 0 Å². The van der Waals surface area contributed by atoms with Crippen molar-refractivity contribution in [1.29, 1.82) is 0 Å². The van der Waals surface area contributed by atoms with E-state index in [-0.39, 0.29) is 5.92 Å². The molecule has 2 aromatic carbocycles. The number of aryl methyl sites for hydroxylation is 1. The Balaban J connectivity index is 1.35. The van der Waals surface area contributed by atoms with Gasteiger partial charge in [-0.15, -0.1) is 0 Å². The molecule has 0 radical (unpaired) electrons. The maximum Gasteiger partial charge on any atom is 0.226 e. The molecule has 0 aliphatic heterocycles. The molecule has 0 bridgehead atoms. The molecule has 3 nitrogen and oxygen atoms in total. The Bertz CT molecular complexity index is 1050. The van der Waals surface area contributed by atoms with E-state index >= 15 is 0 Å². The van der Waals surface area contributed by atoms with Crippen LogP contribution in [-0.2, 0) is 17.9 Å². The molecule has 1 heterocycles. The summed E-state index contributed by atoms with van der Waals surface area (Å²) in [5.74, 6) is 0.919. The topological polar surface area (TPSA) is 25.2 Å². The average molecular weight is 427 g/mol. The number of hydrogen-bond acceptors (Lipinski definition) is 1. The normalized spacial score (nSPS) is 20.8. The highest BCUT2D eigenvalue weighted by Crippen LogP contribution is 2.49. The van der Waals surface area contributed by atoms with Gasteiger partial charge in [-0.3, -0.25) is 4.79 Å². The first-order valence-corrected chi connectivity index (χ1v) is 12.2. The molecule has 5 rings (SSSR count). The molecule has 3 heteroatoms. The Morgan fingerprint density at radius 3 is 2.56 bits per heavy atom. The molecular formula is C29H34N2O. The Morgan fingerprint density at radius 2 is 1.78 bits per heavy atom. The van der Waals surface area contributed by atoms with E-state index in [1.807, 2.05) is 0 Å². The quantitative estimate of drug-likeness (QED) is 0.435. The van der Waals surface area contributed by atoms with Crippen molar-refractivity contribution in [2.24, 2.45) is 5.92 Å². The van der Waals surface area contributed by atoms with E-state index in [0.29, 0.717) is 17.9 Å². The molecule has 2 aliphatic rings. The summed E-state index contributed by atoms with van der Waals surface area (Å²) in [5.41, 5.74) is 5.15. The van der Waals surface area contributed by atoms with Crippen LogP contribution in [0.4, 0.5) is 0 Å². The van der Waals surface area contributed by atoms with Crippen LogP contribution in [0.3, 0.4) is 0 Å². The zero-order chi connectivity index (χ0) is 21.9. The second kappa shape index (κ2) is 9.36. The SMILES string of the molecule is Cc1cccc(Cn2cccc2CN(C(=O)[C@@H]2C[C@@H]2c2ccccc2)C2CCCCC2)c1. The average Bonchev–Trinajstić information content (AvgIpc) is 3.52. The minimum atomic E-state index is 0.152. The lowest BCUT2D eigenvalue weighted by atomic mass is 9.93. The summed E-state index contributed by atoms with van der Waals surface area (Å²) in [7, 11) is 0. The van der Waals surface area contributed by atoms with E-state index in [2.05, 4.69) is 89.3 Å². The van der Waals surface area contributed by atoms with Crippen LogP contribution in [0.15, 0.2) is 72.9 Å². The number of nitrogens with zero attached hydrogens (tertiary/aromatic N) is 2. The monoisotopic (exact) mass is 426 g/mol. The number of amides is 1. The lowest BCUT2D eigenvalue weighted by Crippen LogP contribution is -2.42. The maximum absolute atomic E-state index is 13.7. The first-order valence-electron chi connectivity index (χ1n) is 12.2. The van der Waals surface area contributed by atoms with Gasteiger partial charge in [0, 0.05) is 30.4 Å². The highest BCUT2D eigenvalue weighted by Gasteiger charge is 2.46. The smallest absolute Gasteiger partial charge is 0.226 e. The van der Waals surface area contributed by atoms with Crippen LogP contribution in [0.2, 0.25) is 0 Å². The Morgan fingerprint density at radius 1 is 0.969 bits per heavy atom. The molecule has 166 valence electrons. The second-order valence-corrected chi connectivity index (χ2v) is 9.73. The number of rotatable bonds is 7. The molecule has 1 aromatic heterocycles. The van der Waals surface area contributed by atoms with Crippen molar-refractivity contribution < 1.29 is 4.79 Å². The van der Waals surface area contributed by atoms with Crippen molar-refractivity contribution in [3.63, 3.8) is 0 Å². The van der Waals surface area contributed by atoms with E-state index < -0.39 is 0 Å². The zero-order valence-corrected chi connectivity index (χ0v) is 19.1. The molecule has 2 fully saturated rings. The first-order chi connectivity index (χ1) is 15.7. The summed E-state index contributed by atoms with van der Waals surface area (Å²) in [6.45, 7) is 3.72. The van der Waals surface area contributed by atoms with Crippen LogP contribution in [0, 0.1) is 12.8 Å². The maximum atomic E-state index is 13.7. The van der Waals surface area contributed by atoms with E-state index in [4.69, 9.17) is 0 Å². The zero-order valence-electron chi connectivity index (χ0n) is 19.1. The molecule has 3 aromatic rings. The van der Waals surface area contributed by atoms with Crippen LogP contribution >= 0.6 is 0 Å². The third-order valence-electron chi connectivity index (χ3n) is 7.33. The number of carbonyl (C=O) groups is 1. The van der Waals surface area contributed by atoms with Gasteiger partial charge in [0.15, 0.2) is 0 Å². The van der Waals surface area contributed by atoms with Gasteiger partial charge < -0.3 is 9.47 Å². The fourth-order valence-electron chi connectivity index (χ4n) is 5.46. The first kappa shape index (κ1) is 21.1. The molecule has 0 unspecified atom stereocenters. The highest BCUT2D eigenvalue weighted by atomic mass is 16.2. The van der Waals surface area contributed by atoms with Crippen LogP contribution in [0.25, 0.3) is 0 Å². The summed E-state index contributed by atoms with van der Waals surface area (Å²) in [6, 6.07) is 24.0. The van der Waals surface area contributed by atoms with E-state index in [9.17, 15) is 4.79 Å². The van der Waals surface area contributed by atoms with Gasteiger partial charge in [-0.05, 0) is 55.4 Å². The Kier molecular flexibility index (Phi) is 6.16. The Hall–Kier alpha value is -2.81. The van der Waals surface area contributed by atoms with Crippen molar-refractivity contribution in [2.45, 2.75) is 70.5 Å². The van der Waals surface area contributed by atoms with E-state index in [1.54, 1.807) is 0 Å². The van der Waals surface area contributed by atoms with Crippen molar-refractivity contribution >= 4 is 5.91 Å². The lowest BCUT2D eigenvalue weighted by Gasteiger charge is -2.35. The van der Waals surface area contributed by atoms with Crippen molar-refractivity contribution in [3.05, 3.63) is 95.3 Å². The standard InChI is InChI=1S/C29H34N2O/c1-22-10-8-11-23(18-22)20-30-17-9-16-26(30)21-31(25-14-6-3-7-15-25)29(32)28-19-27(28)24-12-4-2-5-13-24/h2,4-5,8-13,16-18,25,27-28H,3,6-7,14-15,19-21H2,1H3/t27-,28-/m1/s1. The molecule has 32 heavy (non-hydrogen) atoms. The molecule has 1 amide bonds. The van der Waals surface area contributed by atoms with Gasteiger partial charge >= 0.3 is 0 Å². The number of carbonyl (C=O) groups excluding carboxylic acids is 1. The molecule has 2 aliphatic carbocycles. The predicted octanol–water partition coefficient (Wildman–Crippen LogP) is 6.31. The number of hydrogen-bond donors (Lipinski definition) is 0. The minimum absolute atomic E-state index is 0.152. The molecule has 0 saturated heterocycles. The molecular weight excluding hydrogens is 392 g/mol. The van der Waals surface area contributed by atoms with Crippen LogP contribution in [0.5, 0.6) is 0 Å². The van der Waals surface area contributed by atoms with Gasteiger partial charge in [0.25, 0.3) is 0 Å². The van der Waals surface area contributed by atoms with Gasteiger partial charge in [0.05, 0.1) is 6.54 Å². The summed E-state index contributed by atoms with van der Waals surface area (Å²) in [4.78, 5) is 16.0. The largest absolute Gasteiger partial charge is 0.345 e. The van der Waals surface area contributed by atoms with Crippen LogP contribution in [0.1, 0.15) is 66.8 Å². The van der Waals surface area contributed by atoms with E-state index in [0.717, 1.165) is 32.4 Å². The predicted molar refractivity (Wildman–Crippen MR) is 129 cm³/mol. The second-order valence-electron chi connectivity index (χ2n) is 9.73. The fraction of sp³-hybridized carbons (Fsp3) is 0.414.